The van der Waals surface area contributed by atoms with Crippen molar-refractivity contribution in [3.63, 3.8) is 0 Å². The molecule has 4 aliphatic rings. The van der Waals surface area contributed by atoms with Crippen LogP contribution >= 0.6 is 0 Å². The number of rotatable bonds is 3. The molecule has 0 amide bonds. The third-order valence-corrected chi connectivity index (χ3v) is 6.69. The molecule has 1 radical (unpaired) electrons. The van der Waals surface area contributed by atoms with Crippen molar-refractivity contribution in [2.75, 3.05) is 0 Å². The summed E-state index contributed by atoms with van der Waals surface area (Å²) in [6.07, 6.45) is 8.82. The second-order valence-electron chi connectivity index (χ2n) is 8.30. The van der Waals surface area contributed by atoms with E-state index < -0.39 is 0 Å². The average molecular weight is 301 g/mol. The quantitative estimate of drug-likeness (QED) is 0.664. The molecule has 0 aromatic heterocycles. The lowest BCUT2D eigenvalue weighted by Gasteiger charge is -2.59. The van der Waals surface area contributed by atoms with Crippen LogP contribution in [0.3, 0.4) is 0 Å². The molecule has 23 heavy (non-hydrogen) atoms. The summed E-state index contributed by atoms with van der Waals surface area (Å²) in [5, 5.41) is 0. The van der Waals surface area contributed by atoms with E-state index in [1.165, 1.54) is 49.7 Å². The van der Waals surface area contributed by atoms with Crippen LogP contribution in [0.4, 0.5) is 0 Å². The van der Waals surface area contributed by atoms with E-state index in [1.807, 2.05) is 0 Å². The minimum Gasteiger partial charge on any atom is -0.0622 e. The number of hydrogen-bond donors (Lipinski definition) is 0. The Hall–Kier alpha value is -1.56. The van der Waals surface area contributed by atoms with Crippen LogP contribution < -0.4 is 0 Å². The highest BCUT2D eigenvalue weighted by molar-refractivity contribution is 5.49. The monoisotopic (exact) mass is 301 g/mol. The Morgan fingerprint density at radius 3 is 1.39 bits per heavy atom. The van der Waals surface area contributed by atoms with E-state index in [1.54, 1.807) is 5.92 Å². The van der Waals surface area contributed by atoms with Crippen LogP contribution in [0.1, 0.15) is 49.7 Å². The smallest absolute Gasteiger partial charge is 0.0401 e. The van der Waals surface area contributed by atoms with Gasteiger partial charge in [-0.05, 0) is 72.8 Å². The highest BCUT2D eigenvalue weighted by atomic mass is 14.6. The highest BCUT2D eigenvalue weighted by Gasteiger charge is 2.54. The molecule has 0 N–H and O–H groups in total. The molecule has 4 saturated carbocycles. The van der Waals surface area contributed by atoms with Crippen molar-refractivity contribution >= 4 is 0 Å². The van der Waals surface area contributed by atoms with E-state index in [2.05, 4.69) is 60.7 Å². The van der Waals surface area contributed by atoms with Gasteiger partial charge in [-0.3, -0.25) is 0 Å². The molecule has 2 aromatic carbocycles. The molecule has 117 valence electrons. The molecular weight excluding hydrogens is 276 g/mol. The van der Waals surface area contributed by atoms with Gasteiger partial charge in [0.1, 0.15) is 0 Å². The molecule has 0 heterocycles. The van der Waals surface area contributed by atoms with E-state index >= 15 is 0 Å². The fraction of sp³-hybridized carbons (Fsp3) is 0.435. The minimum absolute atomic E-state index is 0.442. The van der Waals surface area contributed by atoms with E-state index in [0.717, 1.165) is 17.8 Å². The van der Waals surface area contributed by atoms with Crippen LogP contribution in [0.15, 0.2) is 60.7 Å². The lowest BCUT2D eigenvalue weighted by molar-refractivity contribution is -0.0384. The Morgan fingerprint density at radius 2 is 1.00 bits per heavy atom. The molecule has 2 aromatic rings. The molecule has 0 nitrogen and oxygen atoms in total. The second kappa shape index (κ2) is 5.23. The maximum atomic E-state index is 2.33. The fourth-order valence-electron chi connectivity index (χ4n) is 6.41. The third kappa shape index (κ3) is 2.26. The van der Waals surface area contributed by atoms with Crippen molar-refractivity contribution in [2.24, 2.45) is 23.2 Å². The topological polar surface area (TPSA) is 0 Å². The largest absolute Gasteiger partial charge is 0.0622 e. The summed E-state index contributed by atoms with van der Waals surface area (Å²) in [7, 11) is 0. The SMILES string of the molecule is c1ccc([C](c2ccccc2)C23CC4CC(CC(C4)C2)C3)cc1. The summed E-state index contributed by atoms with van der Waals surface area (Å²) in [5.41, 5.74) is 3.36. The van der Waals surface area contributed by atoms with E-state index in [9.17, 15) is 0 Å². The van der Waals surface area contributed by atoms with Crippen LogP contribution in [0.5, 0.6) is 0 Å². The van der Waals surface area contributed by atoms with Gasteiger partial charge in [0, 0.05) is 5.92 Å². The number of hydrogen-bond acceptors (Lipinski definition) is 0. The Balaban J connectivity index is 1.63. The first-order valence-electron chi connectivity index (χ1n) is 9.31. The zero-order valence-electron chi connectivity index (χ0n) is 13.7. The second-order valence-corrected chi connectivity index (χ2v) is 8.30. The zero-order chi connectivity index (χ0) is 15.3. The highest BCUT2D eigenvalue weighted by Crippen LogP contribution is 2.65. The molecule has 0 unspecified atom stereocenters. The van der Waals surface area contributed by atoms with Crippen molar-refractivity contribution in [3.8, 4) is 0 Å². The normalized spacial score (nSPS) is 34.9. The van der Waals surface area contributed by atoms with Crippen molar-refractivity contribution in [1.82, 2.24) is 0 Å². The molecule has 0 atom stereocenters. The Morgan fingerprint density at radius 1 is 0.609 bits per heavy atom. The Kier molecular flexibility index (Phi) is 3.15. The summed E-state index contributed by atoms with van der Waals surface area (Å²) in [6.45, 7) is 0. The summed E-state index contributed by atoms with van der Waals surface area (Å²) < 4.78 is 0. The summed E-state index contributed by atoms with van der Waals surface area (Å²) in [5.74, 6) is 4.62. The first-order chi connectivity index (χ1) is 11.3. The fourth-order valence-corrected chi connectivity index (χ4v) is 6.41. The summed E-state index contributed by atoms with van der Waals surface area (Å²) >= 11 is 0. The van der Waals surface area contributed by atoms with Gasteiger partial charge < -0.3 is 0 Å². The first-order valence-corrected chi connectivity index (χ1v) is 9.31. The van der Waals surface area contributed by atoms with Gasteiger partial charge in [-0.1, -0.05) is 60.7 Å². The van der Waals surface area contributed by atoms with Gasteiger partial charge in [0.2, 0.25) is 0 Å². The molecule has 0 saturated heterocycles. The standard InChI is InChI=1S/C23H25/c1-3-7-20(8-4-1)22(21-9-5-2-6-10-21)23-14-17-11-18(15-23)13-19(12-17)16-23/h1-10,17-19H,11-16H2. The van der Waals surface area contributed by atoms with Crippen LogP contribution in [0, 0.1) is 29.1 Å². The van der Waals surface area contributed by atoms with Gasteiger partial charge >= 0.3 is 0 Å². The van der Waals surface area contributed by atoms with Crippen LogP contribution in [0.25, 0.3) is 0 Å². The van der Waals surface area contributed by atoms with Crippen LogP contribution in [0.2, 0.25) is 0 Å². The molecule has 6 rings (SSSR count). The first kappa shape index (κ1) is 13.8. The van der Waals surface area contributed by atoms with Gasteiger partial charge in [0.05, 0.1) is 0 Å². The van der Waals surface area contributed by atoms with Crippen molar-refractivity contribution in [1.29, 1.82) is 0 Å². The average Bonchev–Trinajstić information content (AvgIpc) is 2.55. The maximum Gasteiger partial charge on any atom is 0.0401 e. The molecule has 4 bridgehead atoms. The Bertz CT molecular complexity index is 595. The van der Waals surface area contributed by atoms with Gasteiger partial charge in [-0.25, -0.2) is 0 Å². The lowest BCUT2D eigenvalue weighted by atomic mass is 9.45. The molecule has 0 aliphatic heterocycles. The summed E-state index contributed by atoms with van der Waals surface area (Å²) in [4.78, 5) is 0. The Labute approximate surface area is 139 Å². The van der Waals surface area contributed by atoms with Crippen molar-refractivity contribution in [2.45, 2.75) is 38.5 Å². The zero-order valence-corrected chi connectivity index (χ0v) is 13.7. The van der Waals surface area contributed by atoms with Crippen LogP contribution in [-0.4, -0.2) is 0 Å². The minimum atomic E-state index is 0.442. The van der Waals surface area contributed by atoms with Crippen molar-refractivity contribution < 1.29 is 0 Å². The molecule has 4 aliphatic carbocycles. The molecular formula is C23H25. The van der Waals surface area contributed by atoms with E-state index in [-0.39, 0.29) is 0 Å². The van der Waals surface area contributed by atoms with Gasteiger partial charge in [-0.2, -0.15) is 0 Å². The predicted molar refractivity (Wildman–Crippen MR) is 94.9 cm³/mol. The van der Waals surface area contributed by atoms with Gasteiger partial charge in [0.15, 0.2) is 0 Å². The van der Waals surface area contributed by atoms with E-state index in [4.69, 9.17) is 0 Å². The van der Waals surface area contributed by atoms with Crippen molar-refractivity contribution in [3.05, 3.63) is 77.7 Å². The lowest BCUT2D eigenvalue weighted by Crippen LogP contribution is -2.49. The van der Waals surface area contributed by atoms with Crippen LogP contribution in [-0.2, 0) is 0 Å². The molecule has 4 fully saturated rings. The van der Waals surface area contributed by atoms with E-state index in [0.29, 0.717) is 5.41 Å². The number of benzene rings is 2. The third-order valence-electron chi connectivity index (χ3n) is 6.69. The molecule has 0 spiro atoms. The summed E-state index contributed by atoms with van der Waals surface area (Å²) in [6, 6.07) is 22.5. The molecule has 0 heteroatoms. The van der Waals surface area contributed by atoms with Gasteiger partial charge in [0.25, 0.3) is 0 Å². The predicted octanol–water partition coefficient (Wildman–Crippen LogP) is 5.87. The maximum absolute atomic E-state index is 2.33. The van der Waals surface area contributed by atoms with Gasteiger partial charge in [-0.15, -0.1) is 0 Å².